The maximum atomic E-state index is 12.1. The molecule has 0 aliphatic heterocycles. The molecule has 1 amide bonds. The first-order valence-electron chi connectivity index (χ1n) is 5.85. The third-order valence-corrected chi connectivity index (χ3v) is 3.47. The normalized spacial score (nSPS) is 18.2. The number of nitrogens with zero attached hydrogens (tertiary/aromatic N) is 1. The standard InChI is InChI=1S/C12H16N2O4/c1-6-9(7(2)18-14-6)10(15)13-12(3,11(16)17)8-4-5-8/h8H,4-5H2,1-3H3,(H,13,15)(H,16,17). The number of hydrogen-bond acceptors (Lipinski definition) is 4. The minimum absolute atomic E-state index is 0.000535. The van der Waals surface area contributed by atoms with Crippen LogP contribution >= 0.6 is 0 Å². The molecule has 1 aliphatic carbocycles. The molecular formula is C12H16N2O4. The van der Waals surface area contributed by atoms with Crippen LogP contribution < -0.4 is 5.32 Å². The highest BCUT2D eigenvalue weighted by Gasteiger charge is 2.49. The lowest BCUT2D eigenvalue weighted by atomic mass is 9.95. The Bertz CT molecular complexity index is 485. The van der Waals surface area contributed by atoms with Crippen molar-refractivity contribution in [1.29, 1.82) is 0 Å². The minimum atomic E-state index is -1.22. The molecular weight excluding hydrogens is 236 g/mol. The second kappa shape index (κ2) is 4.12. The second-order valence-electron chi connectivity index (χ2n) is 4.94. The fraction of sp³-hybridized carbons (Fsp3) is 0.583. The average molecular weight is 252 g/mol. The summed E-state index contributed by atoms with van der Waals surface area (Å²) in [7, 11) is 0. The van der Waals surface area contributed by atoms with E-state index in [0.717, 1.165) is 12.8 Å². The molecule has 1 unspecified atom stereocenters. The Morgan fingerprint density at radius 2 is 2.06 bits per heavy atom. The van der Waals surface area contributed by atoms with Crippen LogP contribution in [0.3, 0.4) is 0 Å². The third-order valence-electron chi connectivity index (χ3n) is 3.47. The van der Waals surface area contributed by atoms with Gasteiger partial charge in [0.15, 0.2) is 0 Å². The van der Waals surface area contributed by atoms with Crippen molar-refractivity contribution in [3.8, 4) is 0 Å². The van der Waals surface area contributed by atoms with Crippen LogP contribution in [0.4, 0.5) is 0 Å². The number of aliphatic carboxylic acids is 1. The van der Waals surface area contributed by atoms with Gasteiger partial charge in [-0.25, -0.2) is 4.79 Å². The number of aryl methyl sites for hydroxylation is 2. The van der Waals surface area contributed by atoms with E-state index in [-0.39, 0.29) is 5.92 Å². The number of carbonyl (C=O) groups is 2. The first-order chi connectivity index (χ1) is 8.36. The van der Waals surface area contributed by atoms with Gasteiger partial charge in [-0.2, -0.15) is 0 Å². The molecule has 1 saturated carbocycles. The zero-order valence-electron chi connectivity index (χ0n) is 10.6. The van der Waals surface area contributed by atoms with Crippen molar-refractivity contribution >= 4 is 11.9 Å². The second-order valence-corrected chi connectivity index (χ2v) is 4.94. The van der Waals surface area contributed by atoms with E-state index < -0.39 is 17.4 Å². The number of nitrogens with one attached hydrogen (secondary N) is 1. The molecule has 0 spiro atoms. The summed E-state index contributed by atoms with van der Waals surface area (Å²) >= 11 is 0. The Balaban J connectivity index is 2.23. The number of amides is 1. The SMILES string of the molecule is Cc1noc(C)c1C(=O)NC(C)(C(=O)O)C1CC1. The van der Waals surface area contributed by atoms with Crippen LogP contribution in [0.25, 0.3) is 0 Å². The van der Waals surface area contributed by atoms with Gasteiger partial charge >= 0.3 is 5.97 Å². The van der Waals surface area contributed by atoms with Crippen LogP contribution in [0, 0.1) is 19.8 Å². The first-order valence-corrected chi connectivity index (χ1v) is 5.85. The number of hydrogen-bond donors (Lipinski definition) is 2. The van der Waals surface area contributed by atoms with E-state index in [0.29, 0.717) is 17.0 Å². The van der Waals surface area contributed by atoms with Gasteiger partial charge in [-0.3, -0.25) is 4.79 Å². The van der Waals surface area contributed by atoms with Crippen LogP contribution in [0.2, 0.25) is 0 Å². The monoisotopic (exact) mass is 252 g/mol. The van der Waals surface area contributed by atoms with Crippen LogP contribution in [0.1, 0.15) is 41.6 Å². The van der Waals surface area contributed by atoms with E-state index >= 15 is 0 Å². The maximum absolute atomic E-state index is 12.1. The number of aromatic nitrogens is 1. The van der Waals surface area contributed by atoms with Crippen molar-refractivity contribution in [2.45, 2.75) is 39.2 Å². The number of carboxylic acid groups (broad SMARTS) is 1. The molecule has 1 atom stereocenters. The van der Waals surface area contributed by atoms with E-state index in [1.54, 1.807) is 20.8 Å². The lowest BCUT2D eigenvalue weighted by Gasteiger charge is -2.26. The molecule has 1 aromatic heterocycles. The van der Waals surface area contributed by atoms with Gasteiger partial charge in [0, 0.05) is 0 Å². The lowest BCUT2D eigenvalue weighted by Crippen LogP contribution is -2.54. The smallest absolute Gasteiger partial charge is 0.329 e. The van der Waals surface area contributed by atoms with Gasteiger partial charge in [-0.1, -0.05) is 5.16 Å². The quantitative estimate of drug-likeness (QED) is 0.841. The maximum Gasteiger partial charge on any atom is 0.329 e. The van der Waals surface area contributed by atoms with Crippen LogP contribution in [0.15, 0.2) is 4.52 Å². The highest BCUT2D eigenvalue weighted by molar-refractivity contribution is 5.99. The molecule has 2 N–H and O–H groups in total. The molecule has 6 nitrogen and oxygen atoms in total. The van der Waals surface area contributed by atoms with Crippen molar-refractivity contribution in [1.82, 2.24) is 10.5 Å². The molecule has 0 bridgehead atoms. The predicted octanol–water partition coefficient (Wildman–Crippen LogP) is 1.27. The summed E-state index contributed by atoms with van der Waals surface area (Å²) in [5, 5.41) is 15.6. The van der Waals surface area contributed by atoms with Gasteiger partial charge < -0.3 is 14.9 Å². The minimum Gasteiger partial charge on any atom is -0.480 e. The lowest BCUT2D eigenvalue weighted by molar-refractivity contribution is -0.144. The Morgan fingerprint density at radius 1 is 1.44 bits per heavy atom. The number of carboxylic acids is 1. The Hall–Kier alpha value is -1.85. The van der Waals surface area contributed by atoms with E-state index in [4.69, 9.17) is 4.52 Å². The first kappa shape index (κ1) is 12.6. The summed E-state index contributed by atoms with van der Waals surface area (Å²) in [5.41, 5.74) is -0.426. The Morgan fingerprint density at radius 3 is 2.44 bits per heavy atom. The Kier molecular flexibility index (Phi) is 2.88. The zero-order chi connectivity index (χ0) is 13.5. The van der Waals surface area contributed by atoms with Crippen molar-refractivity contribution in [2.24, 2.45) is 5.92 Å². The highest BCUT2D eigenvalue weighted by atomic mass is 16.5. The summed E-state index contributed by atoms with van der Waals surface area (Å²) in [4.78, 5) is 23.4. The summed E-state index contributed by atoms with van der Waals surface area (Å²) in [6.07, 6.45) is 1.65. The van der Waals surface area contributed by atoms with Gasteiger partial charge in [0.2, 0.25) is 0 Å². The summed E-state index contributed by atoms with van der Waals surface area (Å²) < 4.78 is 4.91. The van der Waals surface area contributed by atoms with E-state index in [1.807, 2.05) is 0 Å². The summed E-state index contributed by atoms with van der Waals surface area (Å²) in [6.45, 7) is 4.83. The molecule has 18 heavy (non-hydrogen) atoms. The molecule has 2 rings (SSSR count). The van der Waals surface area contributed by atoms with Crippen LogP contribution in [-0.2, 0) is 4.79 Å². The molecule has 0 saturated heterocycles. The predicted molar refractivity (Wildman–Crippen MR) is 62.2 cm³/mol. The van der Waals surface area contributed by atoms with Crippen LogP contribution in [-0.4, -0.2) is 27.7 Å². The molecule has 0 aromatic carbocycles. The van der Waals surface area contributed by atoms with E-state index in [9.17, 15) is 14.7 Å². The van der Waals surface area contributed by atoms with Gasteiger partial charge in [-0.05, 0) is 39.5 Å². The van der Waals surface area contributed by atoms with Crippen molar-refractivity contribution < 1.29 is 19.2 Å². The molecule has 0 radical (unpaired) electrons. The zero-order valence-corrected chi connectivity index (χ0v) is 10.6. The molecule has 98 valence electrons. The fourth-order valence-electron chi connectivity index (χ4n) is 2.10. The van der Waals surface area contributed by atoms with Crippen LogP contribution in [0.5, 0.6) is 0 Å². The molecule has 1 fully saturated rings. The average Bonchev–Trinajstić information content (AvgIpc) is 3.06. The van der Waals surface area contributed by atoms with Crippen molar-refractivity contribution in [3.63, 3.8) is 0 Å². The third kappa shape index (κ3) is 1.98. The van der Waals surface area contributed by atoms with E-state index in [1.165, 1.54) is 0 Å². The van der Waals surface area contributed by atoms with Gasteiger partial charge in [0.05, 0.1) is 5.69 Å². The Labute approximate surface area is 104 Å². The highest BCUT2D eigenvalue weighted by Crippen LogP contribution is 2.40. The van der Waals surface area contributed by atoms with Gasteiger partial charge in [0.25, 0.3) is 5.91 Å². The number of rotatable bonds is 4. The largest absolute Gasteiger partial charge is 0.480 e. The molecule has 1 aromatic rings. The fourth-order valence-corrected chi connectivity index (χ4v) is 2.10. The van der Waals surface area contributed by atoms with E-state index in [2.05, 4.69) is 10.5 Å². The molecule has 1 aliphatic rings. The van der Waals surface area contributed by atoms with Crippen molar-refractivity contribution in [3.05, 3.63) is 17.0 Å². The van der Waals surface area contributed by atoms with Crippen molar-refractivity contribution in [2.75, 3.05) is 0 Å². The summed E-state index contributed by atoms with van der Waals surface area (Å²) in [6, 6.07) is 0. The molecule has 6 heteroatoms. The van der Waals surface area contributed by atoms with Gasteiger partial charge in [-0.15, -0.1) is 0 Å². The summed E-state index contributed by atoms with van der Waals surface area (Å²) in [5.74, 6) is -1.05. The number of carbonyl (C=O) groups excluding carboxylic acids is 1. The molecule has 1 heterocycles. The topological polar surface area (TPSA) is 92.4 Å². The van der Waals surface area contributed by atoms with Gasteiger partial charge in [0.1, 0.15) is 16.9 Å².